The molecule has 0 radical (unpaired) electrons. The Hall–Kier alpha value is -0.0900. The van der Waals surface area contributed by atoms with E-state index in [1.54, 1.807) is 6.92 Å². The zero-order chi connectivity index (χ0) is 9.73. The predicted octanol–water partition coefficient (Wildman–Crippen LogP) is 0.953. The Bertz CT molecular complexity index is 230. The van der Waals surface area contributed by atoms with Crippen molar-refractivity contribution in [2.45, 2.75) is 38.6 Å². The van der Waals surface area contributed by atoms with Crippen LogP contribution >= 0.6 is 0 Å². The van der Waals surface area contributed by atoms with Crippen molar-refractivity contribution in [1.82, 2.24) is 5.32 Å². The molecule has 0 saturated heterocycles. The van der Waals surface area contributed by atoms with Crippen molar-refractivity contribution < 1.29 is 8.42 Å². The van der Waals surface area contributed by atoms with Gasteiger partial charge in [-0.1, -0.05) is 19.8 Å². The van der Waals surface area contributed by atoms with E-state index in [4.69, 9.17) is 0 Å². The van der Waals surface area contributed by atoms with Crippen molar-refractivity contribution >= 4 is 9.84 Å². The maximum atomic E-state index is 11.1. The number of rotatable bonds is 5. The summed E-state index contributed by atoms with van der Waals surface area (Å²) in [5, 5.41) is 3.29. The van der Waals surface area contributed by atoms with Gasteiger partial charge >= 0.3 is 0 Å². The van der Waals surface area contributed by atoms with Crippen LogP contribution in [0.2, 0.25) is 0 Å². The summed E-state index contributed by atoms with van der Waals surface area (Å²) in [5.41, 5.74) is 0. The van der Waals surface area contributed by atoms with E-state index in [-0.39, 0.29) is 5.75 Å². The van der Waals surface area contributed by atoms with Crippen molar-refractivity contribution in [1.29, 1.82) is 0 Å². The van der Waals surface area contributed by atoms with Crippen molar-refractivity contribution in [3.05, 3.63) is 0 Å². The Kier molecular flexibility index (Phi) is 4.19. The lowest BCUT2D eigenvalue weighted by molar-refractivity contribution is 0.536. The second-order valence-electron chi connectivity index (χ2n) is 3.67. The van der Waals surface area contributed by atoms with Crippen molar-refractivity contribution in [2.24, 2.45) is 0 Å². The molecule has 0 heterocycles. The monoisotopic (exact) mass is 205 g/mol. The average Bonchev–Trinajstić information content (AvgIpc) is 2.57. The first-order valence-electron chi connectivity index (χ1n) is 5.08. The highest BCUT2D eigenvalue weighted by molar-refractivity contribution is 7.91. The van der Waals surface area contributed by atoms with Crippen LogP contribution in [0.1, 0.15) is 32.6 Å². The summed E-state index contributed by atoms with van der Waals surface area (Å²) in [6.07, 6.45) is 5.01. The van der Waals surface area contributed by atoms with Gasteiger partial charge in [0.2, 0.25) is 0 Å². The summed E-state index contributed by atoms with van der Waals surface area (Å²) >= 11 is 0. The van der Waals surface area contributed by atoms with Gasteiger partial charge in [0, 0.05) is 18.3 Å². The summed E-state index contributed by atoms with van der Waals surface area (Å²) < 4.78 is 22.3. The highest BCUT2D eigenvalue weighted by atomic mass is 32.2. The molecule has 1 saturated carbocycles. The summed E-state index contributed by atoms with van der Waals surface area (Å²) in [7, 11) is -2.77. The SMILES string of the molecule is CCS(=O)(=O)CCNC1CCCC1. The van der Waals surface area contributed by atoms with Crippen LogP contribution in [0.5, 0.6) is 0 Å². The Morgan fingerprint density at radius 2 is 1.92 bits per heavy atom. The van der Waals surface area contributed by atoms with Crippen molar-refractivity contribution in [3.63, 3.8) is 0 Å². The van der Waals surface area contributed by atoms with Crippen LogP contribution in [-0.2, 0) is 9.84 Å². The third-order valence-corrected chi connectivity index (χ3v) is 4.35. The fourth-order valence-electron chi connectivity index (χ4n) is 1.69. The highest BCUT2D eigenvalue weighted by Crippen LogP contribution is 2.17. The third kappa shape index (κ3) is 4.09. The van der Waals surface area contributed by atoms with E-state index >= 15 is 0 Å². The minimum absolute atomic E-state index is 0.263. The minimum atomic E-state index is -2.77. The molecule has 0 aromatic heterocycles. The van der Waals surface area contributed by atoms with Crippen LogP contribution < -0.4 is 5.32 Å². The van der Waals surface area contributed by atoms with E-state index in [2.05, 4.69) is 5.32 Å². The molecule has 1 aliphatic rings. The zero-order valence-electron chi connectivity index (χ0n) is 8.25. The van der Waals surface area contributed by atoms with Gasteiger partial charge in [0.1, 0.15) is 0 Å². The summed E-state index contributed by atoms with van der Waals surface area (Å²) in [6.45, 7) is 2.33. The van der Waals surface area contributed by atoms with Gasteiger partial charge in [-0.3, -0.25) is 0 Å². The van der Waals surface area contributed by atoms with Crippen molar-refractivity contribution in [2.75, 3.05) is 18.1 Å². The highest BCUT2D eigenvalue weighted by Gasteiger charge is 2.15. The topological polar surface area (TPSA) is 46.2 Å². The van der Waals surface area contributed by atoms with E-state index in [0.29, 0.717) is 18.3 Å². The minimum Gasteiger partial charge on any atom is -0.313 e. The van der Waals surface area contributed by atoms with Gasteiger partial charge in [-0.2, -0.15) is 0 Å². The second kappa shape index (κ2) is 4.96. The predicted molar refractivity (Wildman–Crippen MR) is 54.6 cm³/mol. The smallest absolute Gasteiger partial charge is 0.151 e. The standard InChI is InChI=1S/C9H19NO2S/c1-2-13(11,12)8-7-10-9-5-3-4-6-9/h9-10H,2-8H2,1H3. The number of nitrogens with one attached hydrogen (secondary N) is 1. The van der Waals surface area contributed by atoms with Crippen LogP contribution in [0.3, 0.4) is 0 Å². The lowest BCUT2D eigenvalue weighted by Gasteiger charge is -2.10. The maximum Gasteiger partial charge on any atom is 0.151 e. The Labute approximate surface area is 80.8 Å². The maximum absolute atomic E-state index is 11.1. The molecule has 0 aliphatic heterocycles. The molecule has 78 valence electrons. The molecule has 0 aromatic carbocycles. The molecule has 0 atom stereocenters. The van der Waals surface area contributed by atoms with E-state index < -0.39 is 9.84 Å². The summed E-state index contributed by atoms with van der Waals surface area (Å²) in [4.78, 5) is 0. The fourth-order valence-corrected chi connectivity index (χ4v) is 2.41. The first kappa shape index (κ1) is 11.0. The molecule has 0 amide bonds. The Morgan fingerprint density at radius 3 is 2.46 bits per heavy atom. The molecule has 0 aromatic rings. The molecule has 0 spiro atoms. The molecule has 0 unspecified atom stereocenters. The molecule has 1 N–H and O–H groups in total. The molecule has 4 heteroatoms. The number of hydrogen-bond acceptors (Lipinski definition) is 3. The van der Waals surface area contributed by atoms with Gasteiger partial charge in [0.05, 0.1) is 5.75 Å². The molecular formula is C9H19NO2S. The number of hydrogen-bond donors (Lipinski definition) is 1. The zero-order valence-corrected chi connectivity index (χ0v) is 9.07. The van der Waals surface area contributed by atoms with Crippen LogP contribution in [0, 0.1) is 0 Å². The van der Waals surface area contributed by atoms with Gasteiger partial charge < -0.3 is 5.32 Å². The molecule has 3 nitrogen and oxygen atoms in total. The summed E-state index contributed by atoms with van der Waals surface area (Å²) in [5.74, 6) is 0.555. The van der Waals surface area contributed by atoms with Crippen LogP contribution in [0.4, 0.5) is 0 Å². The van der Waals surface area contributed by atoms with Crippen LogP contribution in [0.15, 0.2) is 0 Å². The molecular weight excluding hydrogens is 186 g/mol. The Morgan fingerprint density at radius 1 is 1.31 bits per heavy atom. The summed E-state index contributed by atoms with van der Waals surface area (Å²) in [6, 6.07) is 0.576. The van der Waals surface area contributed by atoms with Gasteiger partial charge in [-0.15, -0.1) is 0 Å². The van der Waals surface area contributed by atoms with E-state index in [9.17, 15) is 8.42 Å². The lowest BCUT2D eigenvalue weighted by atomic mass is 10.2. The number of sulfone groups is 1. The van der Waals surface area contributed by atoms with Crippen molar-refractivity contribution in [3.8, 4) is 0 Å². The quantitative estimate of drug-likeness (QED) is 0.727. The Balaban J connectivity index is 2.13. The van der Waals surface area contributed by atoms with E-state index in [1.165, 1.54) is 25.7 Å². The molecule has 1 aliphatic carbocycles. The first-order chi connectivity index (χ1) is 6.14. The molecule has 0 bridgehead atoms. The van der Waals surface area contributed by atoms with Gasteiger partial charge in [-0.05, 0) is 12.8 Å². The third-order valence-electron chi connectivity index (χ3n) is 2.64. The van der Waals surface area contributed by atoms with Gasteiger partial charge in [-0.25, -0.2) is 8.42 Å². The van der Waals surface area contributed by atoms with E-state index in [0.717, 1.165) is 0 Å². The molecule has 13 heavy (non-hydrogen) atoms. The van der Waals surface area contributed by atoms with Crippen LogP contribution in [0.25, 0.3) is 0 Å². The van der Waals surface area contributed by atoms with E-state index in [1.807, 2.05) is 0 Å². The normalized spacial score (nSPS) is 19.5. The lowest BCUT2D eigenvalue weighted by Crippen LogP contribution is -2.31. The average molecular weight is 205 g/mol. The first-order valence-corrected chi connectivity index (χ1v) is 6.90. The van der Waals surface area contributed by atoms with Gasteiger partial charge in [0.15, 0.2) is 9.84 Å². The largest absolute Gasteiger partial charge is 0.313 e. The fraction of sp³-hybridized carbons (Fsp3) is 1.00. The molecule has 1 fully saturated rings. The second-order valence-corrected chi connectivity index (χ2v) is 6.14. The van der Waals surface area contributed by atoms with Gasteiger partial charge in [0.25, 0.3) is 0 Å². The molecule has 1 rings (SSSR count). The van der Waals surface area contributed by atoms with Crippen LogP contribution in [-0.4, -0.2) is 32.5 Å².